The average Bonchev–Trinajstić information content (AvgIpc) is 3.19. The van der Waals surface area contributed by atoms with E-state index in [9.17, 15) is 14.4 Å². The van der Waals surface area contributed by atoms with Crippen LogP contribution in [0.2, 0.25) is 0 Å². The third-order valence-corrected chi connectivity index (χ3v) is 11.2. The van der Waals surface area contributed by atoms with E-state index in [0.717, 1.165) is 41.2 Å². The lowest BCUT2D eigenvalue weighted by atomic mass is 9.70. The lowest BCUT2D eigenvalue weighted by molar-refractivity contribution is -0.141. The maximum atomic E-state index is 12.1. The van der Waals surface area contributed by atoms with E-state index >= 15 is 0 Å². The zero-order chi connectivity index (χ0) is 40.6. The molecule has 4 rings (SSSR count). The molecule has 0 spiro atoms. The quantitative estimate of drug-likeness (QED) is 0.0993. The summed E-state index contributed by atoms with van der Waals surface area (Å²) in [6.45, 7) is 28.8. The molecule has 6 nitrogen and oxygen atoms in total. The molecule has 362 valence electrons. The Morgan fingerprint density at radius 2 is 0.754 bits per heavy atom. The van der Waals surface area contributed by atoms with Gasteiger partial charge in [0, 0.05) is 16.7 Å². The molecule has 0 atom stereocenters. The number of carbonyl (C=O) groups is 3. The Hall–Kier alpha value is -3.15. The SMILES string of the molecule is C.C.C.C.C.C.C.C=C(C)C(=O)OCc1ccc(CC2CCC(CC3CCC(CC4CCC(COC(=O)C(=C)C)CC4)CC3)CC2)cc1COC(=O)C(=C)C.CC.CC.CC. The van der Waals surface area contributed by atoms with Crippen LogP contribution >= 0.6 is 0 Å². The molecule has 3 aliphatic carbocycles. The van der Waals surface area contributed by atoms with Crippen LogP contribution in [0, 0.1) is 35.5 Å². The van der Waals surface area contributed by atoms with Gasteiger partial charge in [0.25, 0.3) is 0 Å². The number of rotatable bonds is 15. The van der Waals surface area contributed by atoms with E-state index in [1.165, 1.54) is 95.5 Å². The van der Waals surface area contributed by atoms with Gasteiger partial charge in [-0.1, -0.05) is 183 Å². The van der Waals surface area contributed by atoms with Gasteiger partial charge < -0.3 is 14.2 Å². The zero-order valence-corrected chi connectivity index (χ0v) is 36.0. The van der Waals surface area contributed by atoms with Gasteiger partial charge in [-0.2, -0.15) is 0 Å². The Morgan fingerprint density at radius 1 is 0.459 bits per heavy atom. The summed E-state index contributed by atoms with van der Waals surface area (Å²) >= 11 is 0. The topological polar surface area (TPSA) is 78.9 Å². The van der Waals surface area contributed by atoms with Crippen LogP contribution in [0.1, 0.15) is 221 Å². The molecule has 0 bridgehead atoms. The average molecular weight is 863 g/mol. The van der Waals surface area contributed by atoms with E-state index in [-0.39, 0.29) is 71.2 Å². The van der Waals surface area contributed by atoms with Crippen molar-refractivity contribution in [2.24, 2.45) is 35.5 Å². The van der Waals surface area contributed by atoms with Gasteiger partial charge in [-0.3, -0.25) is 0 Å². The molecule has 0 aliphatic heterocycles. The fourth-order valence-corrected chi connectivity index (χ4v) is 8.22. The molecule has 61 heavy (non-hydrogen) atoms. The first kappa shape index (κ1) is 72.3. The lowest BCUT2D eigenvalue weighted by Crippen LogP contribution is -2.24. The van der Waals surface area contributed by atoms with Crippen LogP contribution in [0.25, 0.3) is 0 Å². The van der Waals surface area contributed by atoms with E-state index in [0.29, 0.717) is 35.2 Å². The molecular weight excluding hydrogens is 757 g/mol. The Bertz CT molecular complexity index is 1290. The van der Waals surface area contributed by atoms with Gasteiger partial charge in [-0.25, -0.2) is 14.4 Å². The van der Waals surface area contributed by atoms with Gasteiger partial charge in [0.1, 0.15) is 13.2 Å². The number of carbonyl (C=O) groups excluding carboxylic acids is 3. The van der Waals surface area contributed by atoms with Crippen molar-refractivity contribution in [3.05, 3.63) is 71.3 Å². The number of esters is 3. The Balaban J connectivity index is -0.000000429. The summed E-state index contributed by atoms with van der Waals surface area (Å²) in [5.41, 5.74) is 4.17. The Kier molecular flexibility index (Phi) is 48.5. The van der Waals surface area contributed by atoms with Crippen LogP contribution in [0.4, 0.5) is 0 Å². The maximum Gasteiger partial charge on any atom is 0.333 e. The van der Waals surface area contributed by atoms with Gasteiger partial charge >= 0.3 is 17.9 Å². The highest BCUT2D eigenvalue weighted by atomic mass is 16.5. The lowest BCUT2D eigenvalue weighted by Gasteiger charge is -2.36. The number of benzene rings is 1. The molecule has 0 unspecified atom stereocenters. The van der Waals surface area contributed by atoms with Crippen LogP contribution in [0.5, 0.6) is 0 Å². The van der Waals surface area contributed by atoms with Crippen molar-refractivity contribution in [3.63, 3.8) is 0 Å². The summed E-state index contributed by atoms with van der Waals surface area (Å²) < 4.78 is 16.3. The molecule has 0 N–H and O–H groups in total. The molecule has 3 fully saturated rings. The first-order valence-electron chi connectivity index (χ1n) is 21.5. The standard InChI is InChI=1S/C42H60O6.3C2H6.7CH4/c1-28(2)40(43)46-25-36-17-15-34(16-18-36)22-32-9-7-31(8-10-32)21-33-11-13-35(14-12-33)23-37-19-20-38(26-47-41(44)29(3)4)39(24-37)27-48-42(45)30(5)6;3*1-2;;;;;;;/h19-20,24,31-36H,1,3,5,7-18,21-23,25-27H2,2,4,6H3;3*1-2H3;7*1H4. The second kappa shape index (κ2) is 40.9. The fraction of sp³-hybridized carbons (Fsp3) is 0.727. The van der Waals surface area contributed by atoms with Crippen LogP contribution < -0.4 is 0 Å². The first-order valence-corrected chi connectivity index (χ1v) is 21.5. The van der Waals surface area contributed by atoms with Gasteiger partial charge in [-0.05, 0) is 118 Å². The summed E-state index contributed by atoms with van der Waals surface area (Å²) in [5.74, 6) is 3.62. The van der Waals surface area contributed by atoms with Crippen LogP contribution in [0.15, 0.2) is 54.7 Å². The molecule has 0 radical (unpaired) electrons. The first-order chi connectivity index (χ1) is 26.0. The minimum Gasteiger partial charge on any atom is -0.462 e. The smallest absolute Gasteiger partial charge is 0.333 e. The van der Waals surface area contributed by atoms with Crippen molar-refractivity contribution in [2.45, 2.75) is 224 Å². The third-order valence-electron chi connectivity index (χ3n) is 11.2. The van der Waals surface area contributed by atoms with Gasteiger partial charge in [-0.15, -0.1) is 0 Å². The van der Waals surface area contributed by atoms with Gasteiger partial charge in [0.15, 0.2) is 0 Å². The molecule has 0 amide bonds. The van der Waals surface area contributed by atoms with E-state index < -0.39 is 11.9 Å². The van der Waals surface area contributed by atoms with Crippen molar-refractivity contribution in [2.75, 3.05) is 6.61 Å². The normalized spacial score (nSPS) is 20.6. The highest BCUT2D eigenvalue weighted by Crippen LogP contribution is 2.42. The largest absolute Gasteiger partial charge is 0.462 e. The van der Waals surface area contributed by atoms with Gasteiger partial charge in [0.05, 0.1) is 6.61 Å². The van der Waals surface area contributed by atoms with Gasteiger partial charge in [0.2, 0.25) is 0 Å². The minimum absolute atomic E-state index is 0. The molecule has 0 saturated heterocycles. The van der Waals surface area contributed by atoms with Crippen molar-refractivity contribution in [1.82, 2.24) is 0 Å². The van der Waals surface area contributed by atoms with Crippen molar-refractivity contribution < 1.29 is 28.6 Å². The predicted molar refractivity (Wildman–Crippen MR) is 272 cm³/mol. The van der Waals surface area contributed by atoms with Crippen molar-refractivity contribution in [1.29, 1.82) is 0 Å². The molecule has 0 heterocycles. The minimum atomic E-state index is -0.426. The van der Waals surface area contributed by atoms with E-state index in [1.54, 1.807) is 20.8 Å². The van der Waals surface area contributed by atoms with Crippen molar-refractivity contribution >= 4 is 17.9 Å². The Labute approximate surface area is 382 Å². The third kappa shape index (κ3) is 27.5. The summed E-state index contributed by atoms with van der Waals surface area (Å²) in [6.07, 6.45) is 19.6. The zero-order valence-electron chi connectivity index (χ0n) is 36.0. The molecule has 1 aromatic carbocycles. The fourth-order valence-electron chi connectivity index (χ4n) is 8.22. The Morgan fingerprint density at radius 3 is 1.10 bits per heavy atom. The van der Waals surface area contributed by atoms with Crippen LogP contribution in [-0.2, 0) is 48.2 Å². The molecule has 6 heteroatoms. The molecule has 3 aliphatic rings. The molecule has 1 aromatic rings. The predicted octanol–water partition coefficient (Wildman–Crippen LogP) is 17.3. The highest BCUT2D eigenvalue weighted by Gasteiger charge is 2.30. The highest BCUT2D eigenvalue weighted by molar-refractivity contribution is 5.87. The molecule has 3 saturated carbocycles. The number of hydrogen-bond acceptors (Lipinski definition) is 6. The maximum absolute atomic E-state index is 12.1. The van der Waals surface area contributed by atoms with E-state index in [4.69, 9.17) is 14.2 Å². The van der Waals surface area contributed by atoms with E-state index in [2.05, 4.69) is 31.9 Å². The van der Waals surface area contributed by atoms with Crippen molar-refractivity contribution in [3.8, 4) is 0 Å². The summed E-state index contributed by atoms with van der Waals surface area (Å²) in [5, 5.41) is 0. The summed E-state index contributed by atoms with van der Waals surface area (Å²) in [4.78, 5) is 35.8. The number of hydrogen-bond donors (Lipinski definition) is 0. The molecule has 0 aromatic heterocycles. The monoisotopic (exact) mass is 863 g/mol. The van der Waals surface area contributed by atoms with E-state index in [1.807, 2.05) is 47.6 Å². The second-order valence-corrected chi connectivity index (χ2v) is 15.5. The number of ether oxygens (including phenoxy) is 3. The molecular formula is C55H106O6. The van der Waals surface area contributed by atoms with Crippen LogP contribution in [-0.4, -0.2) is 24.5 Å². The summed E-state index contributed by atoms with van der Waals surface area (Å²) in [7, 11) is 0. The van der Waals surface area contributed by atoms with Crippen LogP contribution in [0.3, 0.4) is 0 Å². The second-order valence-electron chi connectivity index (χ2n) is 15.5. The summed E-state index contributed by atoms with van der Waals surface area (Å²) in [6, 6.07) is 6.25.